The first-order valence-corrected chi connectivity index (χ1v) is 9.14. The van der Waals surface area contributed by atoms with Gasteiger partial charge in [-0.05, 0) is 59.5 Å². The molecule has 0 unspecified atom stereocenters. The molecule has 6 nitrogen and oxygen atoms in total. The highest BCUT2D eigenvalue weighted by Crippen LogP contribution is 2.39. The molecule has 1 heterocycles. The number of benzene rings is 1. The van der Waals surface area contributed by atoms with Gasteiger partial charge in [0.05, 0.1) is 23.9 Å². The summed E-state index contributed by atoms with van der Waals surface area (Å²) in [5.74, 6) is 1.70. The summed E-state index contributed by atoms with van der Waals surface area (Å²) in [7, 11) is 3.40. The van der Waals surface area contributed by atoms with Gasteiger partial charge < -0.3 is 14.8 Å². The zero-order valence-corrected chi connectivity index (χ0v) is 16.2. The Balaban J connectivity index is 1.70. The molecule has 1 amide bonds. The van der Waals surface area contributed by atoms with Gasteiger partial charge in [-0.3, -0.25) is 9.48 Å². The van der Waals surface area contributed by atoms with Crippen molar-refractivity contribution in [3.8, 4) is 11.5 Å². The number of amides is 1. The van der Waals surface area contributed by atoms with Gasteiger partial charge in [0, 0.05) is 19.5 Å². The molecular weight excluding hydrogens is 386 g/mol. The number of aromatic nitrogens is 2. The Labute approximate surface area is 155 Å². The summed E-state index contributed by atoms with van der Waals surface area (Å²) in [6, 6.07) is 5.68. The fourth-order valence-electron chi connectivity index (χ4n) is 2.71. The lowest BCUT2D eigenvalue weighted by atomic mass is 10.2. The Morgan fingerprint density at radius 2 is 2.16 bits per heavy atom. The minimum absolute atomic E-state index is 0.133. The maximum atomic E-state index is 12.5. The topological polar surface area (TPSA) is 65.4 Å². The highest BCUT2D eigenvalue weighted by molar-refractivity contribution is 9.10. The number of carbonyl (C=O) groups is 1. The molecule has 0 radical (unpaired) electrons. The van der Waals surface area contributed by atoms with Crippen LogP contribution in [-0.4, -0.2) is 29.4 Å². The Hall–Kier alpha value is -2.02. The van der Waals surface area contributed by atoms with Crippen LogP contribution in [0.15, 0.2) is 22.7 Å². The summed E-state index contributed by atoms with van der Waals surface area (Å²) < 4.78 is 13.4. The van der Waals surface area contributed by atoms with Crippen LogP contribution in [0.2, 0.25) is 0 Å². The maximum absolute atomic E-state index is 12.5. The first kappa shape index (κ1) is 17.8. The van der Waals surface area contributed by atoms with Crippen molar-refractivity contribution in [3.05, 3.63) is 39.6 Å². The lowest BCUT2D eigenvalue weighted by molar-refractivity contribution is 0.0941. The van der Waals surface area contributed by atoms with Crippen molar-refractivity contribution in [2.75, 3.05) is 13.7 Å². The van der Waals surface area contributed by atoms with Gasteiger partial charge in [0.1, 0.15) is 5.69 Å². The van der Waals surface area contributed by atoms with E-state index in [1.165, 1.54) is 0 Å². The SMILES string of the molecule is CCOc1c(Br)cc(CNC(=O)c2cc(C3CC3)nn2C)cc1OC. The Kier molecular flexibility index (Phi) is 5.32. The maximum Gasteiger partial charge on any atom is 0.269 e. The van der Waals surface area contributed by atoms with Crippen molar-refractivity contribution < 1.29 is 14.3 Å². The van der Waals surface area contributed by atoms with E-state index >= 15 is 0 Å². The summed E-state index contributed by atoms with van der Waals surface area (Å²) >= 11 is 3.50. The lowest BCUT2D eigenvalue weighted by Crippen LogP contribution is -2.25. The average molecular weight is 408 g/mol. The summed E-state index contributed by atoms with van der Waals surface area (Å²) in [5, 5.41) is 7.38. The minimum Gasteiger partial charge on any atom is -0.493 e. The monoisotopic (exact) mass is 407 g/mol. The van der Waals surface area contributed by atoms with Gasteiger partial charge in [0.2, 0.25) is 0 Å². The molecule has 1 aromatic carbocycles. The summed E-state index contributed by atoms with van der Waals surface area (Å²) in [4.78, 5) is 12.5. The first-order chi connectivity index (χ1) is 12.0. The number of methoxy groups -OCH3 is 1. The average Bonchev–Trinajstić information content (AvgIpc) is 3.37. The van der Waals surface area contributed by atoms with Crippen LogP contribution in [0.5, 0.6) is 11.5 Å². The molecule has 1 saturated carbocycles. The van der Waals surface area contributed by atoms with Crippen LogP contribution in [-0.2, 0) is 13.6 Å². The highest BCUT2D eigenvalue weighted by Gasteiger charge is 2.28. The number of aryl methyl sites for hydroxylation is 1. The molecule has 0 bridgehead atoms. The molecule has 3 rings (SSSR count). The van der Waals surface area contributed by atoms with Crippen molar-refractivity contribution in [2.45, 2.75) is 32.2 Å². The van der Waals surface area contributed by atoms with Crippen LogP contribution in [0.25, 0.3) is 0 Å². The van der Waals surface area contributed by atoms with E-state index in [1.54, 1.807) is 18.8 Å². The first-order valence-electron chi connectivity index (χ1n) is 8.34. The molecular formula is C18H22BrN3O3. The molecule has 0 saturated heterocycles. The largest absolute Gasteiger partial charge is 0.493 e. The summed E-state index contributed by atoms with van der Waals surface area (Å²) in [5.41, 5.74) is 2.52. The number of nitrogens with zero attached hydrogens (tertiary/aromatic N) is 2. The molecule has 0 spiro atoms. The Bertz CT molecular complexity index is 784. The number of carbonyl (C=O) groups excluding carboxylic acids is 1. The van der Waals surface area contributed by atoms with Crippen LogP contribution in [0.4, 0.5) is 0 Å². The lowest BCUT2D eigenvalue weighted by Gasteiger charge is -2.13. The summed E-state index contributed by atoms with van der Waals surface area (Å²) in [6.07, 6.45) is 2.33. The van der Waals surface area contributed by atoms with E-state index in [-0.39, 0.29) is 5.91 Å². The van der Waals surface area contributed by atoms with Crippen molar-refractivity contribution in [2.24, 2.45) is 7.05 Å². The molecule has 7 heteroatoms. The number of nitrogens with one attached hydrogen (secondary N) is 1. The van der Waals surface area contributed by atoms with Crippen molar-refractivity contribution in [1.82, 2.24) is 15.1 Å². The van der Waals surface area contributed by atoms with Crippen LogP contribution in [0.3, 0.4) is 0 Å². The van der Waals surface area contributed by atoms with E-state index in [9.17, 15) is 4.79 Å². The van der Waals surface area contributed by atoms with Crippen LogP contribution >= 0.6 is 15.9 Å². The van der Waals surface area contributed by atoms with E-state index in [2.05, 4.69) is 26.3 Å². The van der Waals surface area contributed by atoms with Gasteiger partial charge in [-0.1, -0.05) is 0 Å². The second kappa shape index (κ2) is 7.47. The van der Waals surface area contributed by atoms with Gasteiger partial charge in [-0.2, -0.15) is 5.10 Å². The van der Waals surface area contributed by atoms with Crippen molar-refractivity contribution >= 4 is 21.8 Å². The molecule has 25 heavy (non-hydrogen) atoms. The summed E-state index contributed by atoms with van der Waals surface area (Å²) in [6.45, 7) is 2.86. The normalized spacial score (nSPS) is 13.6. The zero-order valence-electron chi connectivity index (χ0n) is 14.6. The predicted molar refractivity (Wildman–Crippen MR) is 98.2 cm³/mol. The highest BCUT2D eigenvalue weighted by atomic mass is 79.9. The second-order valence-corrected chi connectivity index (χ2v) is 6.93. The van der Waals surface area contributed by atoms with E-state index in [0.717, 1.165) is 28.6 Å². The molecule has 1 aliphatic rings. The zero-order chi connectivity index (χ0) is 18.0. The third-order valence-electron chi connectivity index (χ3n) is 4.16. The molecule has 1 fully saturated rings. The van der Waals surface area contributed by atoms with Gasteiger partial charge >= 0.3 is 0 Å². The van der Waals surface area contributed by atoms with Crippen LogP contribution in [0, 0.1) is 0 Å². The van der Waals surface area contributed by atoms with Crippen LogP contribution in [0.1, 0.15) is 47.4 Å². The number of halogens is 1. The Morgan fingerprint density at radius 3 is 2.80 bits per heavy atom. The smallest absolute Gasteiger partial charge is 0.269 e. The predicted octanol–water partition coefficient (Wildman–Crippen LogP) is 3.40. The van der Waals surface area contributed by atoms with E-state index in [1.807, 2.05) is 25.1 Å². The standard InChI is InChI=1S/C18H22BrN3O3/c1-4-25-17-13(19)7-11(8-16(17)24-3)10-20-18(23)15-9-14(12-5-6-12)21-22(15)2/h7-9,12H,4-6,10H2,1-3H3,(H,20,23). The molecule has 1 aromatic heterocycles. The molecule has 1 aliphatic carbocycles. The molecule has 1 N–H and O–H groups in total. The molecule has 0 aliphatic heterocycles. The molecule has 2 aromatic rings. The van der Waals surface area contributed by atoms with Crippen molar-refractivity contribution in [1.29, 1.82) is 0 Å². The number of hydrogen-bond acceptors (Lipinski definition) is 4. The quantitative estimate of drug-likeness (QED) is 0.763. The Morgan fingerprint density at radius 1 is 1.40 bits per heavy atom. The van der Waals surface area contributed by atoms with Crippen molar-refractivity contribution in [3.63, 3.8) is 0 Å². The van der Waals surface area contributed by atoms with E-state index < -0.39 is 0 Å². The fraction of sp³-hybridized carbons (Fsp3) is 0.444. The molecule has 134 valence electrons. The van der Waals surface area contributed by atoms with E-state index in [4.69, 9.17) is 9.47 Å². The third-order valence-corrected chi connectivity index (χ3v) is 4.75. The fourth-order valence-corrected chi connectivity index (χ4v) is 3.32. The van der Waals surface area contributed by atoms with Gasteiger partial charge in [0.25, 0.3) is 5.91 Å². The number of hydrogen-bond donors (Lipinski definition) is 1. The minimum atomic E-state index is -0.133. The second-order valence-electron chi connectivity index (χ2n) is 6.08. The van der Waals surface area contributed by atoms with Crippen LogP contribution < -0.4 is 14.8 Å². The van der Waals surface area contributed by atoms with Gasteiger partial charge in [-0.15, -0.1) is 0 Å². The number of rotatable bonds is 7. The van der Waals surface area contributed by atoms with Gasteiger partial charge in [0.15, 0.2) is 11.5 Å². The number of ether oxygens (including phenoxy) is 2. The van der Waals surface area contributed by atoms with E-state index in [0.29, 0.717) is 36.3 Å². The van der Waals surface area contributed by atoms with Gasteiger partial charge in [-0.25, -0.2) is 0 Å². The molecule has 0 atom stereocenters. The third kappa shape index (κ3) is 3.98.